The molecule has 1 N–H and O–H groups in total. The molecule has 0 aliphatic carbocycles. The second kappa shape index (κ2) is 7.70. The largest absolute Gasteiger partial charge is 0.345 e. The Labute approximate surface area is 112 Å². The second-order valence-corrected chi connectivity index (χ2v) is 5.18. The van der Waals surface area contributed by atoms with Crippen molar-refractivity contribution in [3.8, 4) is 0 Å². The summed E-state index contributed by atoms with van der Waals surface area (Å²) in [7, 11) is 0. The average molecular weight is 253 g/mol. The van der Waals surface area contributed by atoms with Crippen LogP contribution in [0.4, 0.5) is 0 Å². The minimum Gasteiger partial charge on any atom is -0.345 e. The zero-order chi connectivity index (χ0) is 13.4. The second-order valence-electron chi connectivity index (χ2n) is 5.18. The summed E-state index contributed by atoms with van der Waals surface area (Å²) >= 11 is 0. The third kappa shape index (κ3) is 3.66. The molecule has 0 aromatic carbocycles. The van der Waals surface area contributed by atoms with Crippen molar-refractivity contribution < 1.29 is 9.59 Å². The number of rotatable bonds is 8. The van der Waals surface area contributed by atoms with Gasteiger partial charge in [0.1, 0.15) is 6.54 Å². The molecule has 0 aromatic heterocycles. The molecule has 3 heteroatoms. The van der Waals surface area contributed by atoms with Gasteiger partial charge in [0.05, 0.1) is 19.5 Å². The molecule has 2 atom stereocenters. The first-order valence-electron chi connectivity index (χ1n) is 7.41. The van der Waals surface area contributed by atoms with Crippen molar-refractivity contribution in [1.29, 1.82) is 0 Å². The normalized spacial score (nSPS) is 25.7. The van der Waals surface area contributed by atoms with Crippen LogP contribution in [0.15, 0.2) is 17.1 Å². The average Bonchev–Trinajstić information content (AvgIpc) is 2.77. The quantitative estimate of drug-likeness (QED) is 0.402. The molecule has 0 fully saturated rings. The zero-order valence-electron chi connectivity index (χ0n) is 12.2. The summed E-state index contributed by atoms with van der Waals surface area (Å²) in [4.78, 5) is 4.59. The number of hydrogen-bond donors (Lipinski definition) is 1. The molecule has 0 bridgehead atoms. The van der Waals surface area contributed by atoms with Crippen molar-refractivity contribution in [2.75, 3.05) is 19.6 Å². The molecule has 104 valence electrons. The maximum absolute atomic E-state index is 10.0. The van der Waals surface area contributed by atoms with Crippen LogP contribution in [0.5, 0.6) is 0 Å². The number of likely N-dealkylation sites (N-methyl/N-ethyl adjacent to an activating group) is 1. The molecule has 2 unspecified atom stereocenters. The van der Waals surface area contributed by atoms with Crippen LogP contribution in [0.2, 0.25) is 0 Å². The van der Waals surface area contributed by atoms with Gasteiger partial charge in [-0.1, -0.05) is 31.9 Å². The van der Waals surface area contributed by atoms with Crippen LogP contribution >= 0.6 is 0 Å². The van der Waals surface area contributed by atoms with Gasteiger partial charge in [-0.25, -0.2) is 4.99 Å². The van der Waals surface area contributed by atoms with Gasteiger partial charge in [-0.05, 0) is 19.8 Å². The van der Waals surface area contributed by atoms with Crippen LogP contribution in [-0.4, -0.2) is 41.3 Å². The molecular weight excluding hydrogens is 224 g/mol. The Morgan fingerprint density at radius 2 is 2.11 bits per heavy atom. The van der Waals surface area contributed by atoms with Crippen molar-refractivity contribution >= 4 is 5.84 Å². The first-order valence-corrected chi connectivity index (χ1v) is 7.41. The topological polar surface area (TPSA) is 32.6 Å². The van der Waals surface area contributed by atoms with E-state index in [0.29, 0.717) is 4.48 Å². The third-order valence-electron chi connectivity index (χ3n) is 4.03. The molecule has 3 nitrogen and oxygen atoms in total. The Morgan fingerprint density at radius 3 is 2.72 bits per heavy atom. The Balaban J connectivity index is 2.45. The van der Waals surface area contributed by atoms with E-state index >= 15 is 0 Å². The summed E-state index contributed by atoms with van der Waals surface area (Å²) < 4.78 is 0.666. The van der Waals surface area contributed by atoms with Crippen molar-refractivity contribution in [1.82, 2.24) is 0 Å². The maximum Gasteiger partial charge on any atom is 0.204 e. The summed E-state index contributed by atoms with van der Waals surface area (Å²) in [5.74, 6) is 1.15. The summed E-state index contributed by atoms with van der Waals surface area (Å²) in [5, 5.41) is 10.0. The summed E-state index contributed by atoms with van der Waals surface area (Å²) in [6, 6.07) is 0. The van der Waals surface area contributed by atoms with Gasteiger partial charge < -0.3 is 5.11 Å². The van der Waals surface area contributed by atoms with E-state index in [0.717, 1.165) is 31.9 Å². The minimum absolute atomic E-state index is 0.343. The molecule has 0 aromatic rings. The number of allylic oxidation sites excluding steroid dienone is 1. The van der Waals surface area contributed by atoms with Crippen LogP contribution in [0.25, 0.3) is 0 Å². The van der Waals surface area contributed by atoms with Crippen LogP contribution < -0.4 is 0 Å². The van der Waals surface area contributed by atoms with Crippen LogP contribution in [0.1, 0.15) is 52.9 Å². The number of aliphatic imine (C=N–C) groups is 1. The third-order valence-corrected chi connectivity index (χ3v) is 4.03. The lowest BCUT2D eigenvalue weighted by Crippen LogP contribution is -2.56. The summed E-state index contributed by atoms with van der Waals surface area (Å²) in [5.41, 5.74) is 0. The number of aliphatic hydroxyl groups is 1. The molecule has 0 saturated carbocycles. The molecule has 0 radical (unpaired) electrons. The number of quaternary nitrogens is 1. The summed E-state index contributed by atoms with van der Waals surface area (Å²) in [6.45, 7) is 8.99. The van der Waals surface area contributed by atoms with Gasteiger partial charge in [-0.2, -0.15) is 0 Å². The van der Waals surface area contributed by atoms with Crippen molar-refractivity contribution in [3.05, 3.63) is 12.2 Å². The number of nitrogens with zero attached hydrogens (tertiary/aromatic N) is 2. The van der Waals surface area contributed by atoms with Gasteiger partial charge in [0.15, 0.2) is 6.23 Å². The van der Waals surface area contributed by atoms with Crippen molar-refractivity contribution in [3.63, 3.8) is 0 Å². The van der Waals surface area contributed by atoms with E-state index in [9.17, 15) is 5.11 Å². The van der Waals surface area contributed by atoms with Gasteiger partial charge in [0, 0.05) is 6.92 Å². The van der Waals surface area contributed by atoms with Crippen LogP contribution in [0.3, 0.4) is 0 Å². The highest BCUT2D eigenvalue weighted by Gasteiger charge is 2.39. The fourth-order valence-electron chi connectivity index (χ4n) is 2.70. The van der Waals surface area contributed by atoms with Gasteiger partial charge in [0.2, 0.25) is 5.84 Å². The minimum atomic E-state index is -0.343. The number of hydrogen-bond acceptors (Lipinski definition) is 2. The Morgan fingerprint density at radius 1 is 1.33 bits per heavy atom. The number of amidine groups is 1. The Hall–Kier alpha value is -0.670. The van der Waals surface area contributed by atoms with E-state index in [1.54, 1.807) is 0 Å². The Bertz CT molecular complexity index is 297. The highest BCUT2D eigenvalue weighted by molar-refractivity contribution is 5.78. The fraction of sp³-hybridized carbons (Fsp3) is 0.800. The lowest BCUT2D eigenvalue weighted by Gasteiger charge is -2.35. The molecule has 0 saturated heterocycles. The van der Waals surface area contributed by atoms with Crippen molar-refractivity contribution in [2.24, 2.45) is 4.99 Å². The molecule has 0 spiro atoms. The fourth-order valence-corrected chi connectivity index (χ4v) is 2.70. The van der Waals surface area contributed by atoms with Crippen LogP contribution in [-0.2, 0) is 0 Å². The van der Waals surface area contributed by atoms with E-state index < -0.39 is 0 Å². The predicted molar refractivity (Wildman–Crippen MR) is 77.6 cm³/mol. The lowest BCUT2D eigenvalue weighted by molar-refractivity contribution is -0.882. The standard InChI is InChI=1S/C15H29N2O/c1-4-6-7-8-9-10-11-15-16-12-13-17(15,5-2)14(3)18/h9-10,14,18H,4-8,11-13H2,1-3H3/q+1/b10-9+. The molecule has 18 heavy (non-hydrogen) atoms. The van der Waals surface area contributed by atoms with Crippen molar-refractivity contribution in [2.45, 2.75) is 59.1 Å². The number of unbranched alkanes of at least 4 members (excludes halogenated alkanes) is 3. The van der Waals surface area contributed by atoms with E-state index in [1.165, 1.54) is 25.7 Å². The summed E-state index contributed by atoms with van der Waals surface area (Å²) in [6.07, 6.45) is 10.1. The van der Waals surface area contributed by atoms with Crippen LogP contribution in [0, 0.1) is 0 Å². The van der Waals surface area contributed by atoms with E-state index in [4.69, 9.17) is 0 Å². The lowest BCUT2D eigenvalue weighted by atomic mass is 10.2. The molecule has 0 amide bonds. The highest BCUT2D eigenvalue weighted by Crippen LogP contribution is 2.21. The SMILES string of the molecule is CCCCC/C=C/CC1=NCC[N+]1(CC)C(C)O. The van der Waals surface area contributed by atoms with Gasteiger partial charge in [-0.3, -0.25) is 4.48 Å². The van der Waals surface area contributed by atoms with E-state index in [2.05, 4.69) is 31.0 Å². The highest BCUT2D eigenvalue weighted by atomic mass is 16.3. The maximum atomic E-state index is 10.0. The zero-order valence-corrected chi connectivity index (χ0v) is 12.2. The Kier molecular flexibility index (Phi) is 6.58. The van der Waals surface area contributed by atoms with Gasteiger partial charge in [-0.15, -0.1) is 0 Å². The molecule has 1 aliphatic rings. The van der Waals surface area contributed by atoms with E-state index in [1.807, 2.05) is 6.92 Å². The van der Waals surface area contributed by atoms with Gasteiger partial charge in [0.25, 0.3) is 0 Å². The monoisotopic (exact) mass is 253 g/mol. The van der Waals surface area contributed by atoms with Gasteiger partial charge >= 0.3 is 0 Å². The molecule has 1 heterocycles. The number of aliphatic hydroxyl groups excluding tert-OH is 1. The molecular formula is C15H29N2O+. The van der Waals surface area contributed by atoms with E-state index in [-0.39, 0.29) is 6.23 Å². The first kappa shape index (κ1) is 15.4. The molecule has 1 aliphatic heterocycles. The smallest absolute Gasteiger partial charge is 0.204 e. The molecule has 1 rings (SSSR count). The predicted octanol–water partition coefficient (Wildman–Crippen LogP) is 3.10. The first-order chi connectivity index (χ1) is 8.67.